The Morgan fingerprint density at radius 3 is 2.76 bits per heavy atom. The summed E-state index contributed by atoms with van der Waals surface area (Å²) >= 11 is 1.46. The predicted molar refractivity (Wildman–Crippen MR) is 115 cm³/mol. The van der Waals surface area contributed by atoms with Crippen molar-refractivity contribution in [1.82, 2.24) is 14.9 Å². The highest BCUT2D eigenvalue weighted by Crippen LogP contribution is 2.31. The molecule has 0 saturated heterocycles. The molecule has 0 saturated carbocycles. The third-order valence-electron chi connectivity index (χ3n) is 4.97. The van der Waals surface area contributed by atoms with E-state index < -0.39 is 0 Å². The molecule has 1 atom stereocenters. The van der Waals surface area contributed by atoms with Crippen LogP contribution >= 0.6 is 11.3 Å². The normalized spacial score (nSPS) is 12.6. The summed E-state index contributed by atoms with van der Waals surface area (Å²) in [6.07, 6.45) is 1.60. The molecule has 3 aromatic heterocycles. The number of nitrogens with zero attached hydrogens (tertiary/aromatic N) is 2. The highest BCUT2D eigenvalue weighted by atomic mass is 32.1. The van der Waals surface area contributed by atoms with Gasteiger partial charge in [0.2, 0.25) is 0 Å². The van der Waals surface area contributed by atoms with Crippen LogP contribution in [0.3, 0.4) is 0 Å². The number of fused-ring (bicyclic) bond motifs is 1. The second kappa shape index (κ2) is 8.23. The molecule has 0 spiro atoms. The summed E-state index contributed by atoms with van der Waals surface area (Å²) in [4.78, 5) is 23.4. The third-order valence-corrected chi connectivity index (χ3v) is 5.84. The van der Waals surface area contributed by atoms with Gasteiger partial charge in [-0.2, -0.15) is 0 Å². The van der Waals surface area contributed by atoms with Crippen molar-refractivity contribution in [3.05, 3.63) is 69.8 Å². The molecule has 0 bridgehead atoms. The number of nitrogens with one attached hydrogen (secondary N) is 1. The Morgan fingerprint density at radius 2 is 2.07 bits per heavy atom. The summed E-state index contributed by atoms with van der Waals surface area (Å²) in [5, 5.41) is 2.50. The summed E-state index contributed by atoms with van der Waals surface area (Å²) in [7, 11) is 2.02. The molecular weight excluding hydrogens is 386 g/mol. The minimum absolute atomic E-state index is 0.0483. The van der Waals surface area contributed by atoms with E-state index in [1.807, 2.05) is 50.5 Å². The Hall–Kier alpha value is -2.90. The third kappa shape index (κ3) is 3.97. The molecule has 3 heterocycles. The molecule has 0 unspecified atom stereocenters. The number of H-pyrrole nitrogens is 1. The Balaban J connectivity index is 1.56. The smallest absolute Gasteiger partial charge is 0.260 e. The van der Waals surface area contributed by atoms with Crippen molar-refractivity contribution in [3.8, 4) is 17.1 Å². The van der Waals surface area contributed by atoms with Gasteiger partial charge in [-0.3, -0.25) is 9.69 Å². The lowest BCUT2D eigenvalue weighted by atomic mass is 10.1. The van der Waals surface area contributed by atoms with Gasteiger partial charge in [-0.1, -0.05) is 12.1 Å². The minimum Gasteiger partial charge on any atom is -0.494 e. The van der Waals surface area contributed by atoms with Crippen molar-refractivity contribution in [2.45, 2.75) is 26.4 Å². The lowest BCUT2D eigenvalue weighted by Gasteiger charge is -2.24. The van der Waals surface area contributed by atoms with E-state index in [1.54, 1.807) is 6.26 Å². The first kappa shape index (κ1) is 19.4. The highest BCUT2D eigenvalue weighted by molar-refractivity contribution is 7.17. The molecule has 0 aliphatic heterocycles. The highest BCUT2D eigenvalue weighted by Gasteiger charge is 2.19. The fourth-order valence-electron chi connectivity index (χ4n) is 3.27. The number of hydrogen-bond acceptors (Lipinski definition) is 6. The van der Waals surface area contributed by atoms with Crippen LogP contribution < -0.4 is 10.3 Å². The van der Waals surface area contributed by atoms with E-state index in [4.69, 9.17) is 14.1 Å². The molecule has 6 nitrogen and oxygen atoms in total. The van der Waals surface area contributed by atoms with Crippen LogP contribution in [0.2, 0.25) is 0 Å². The maximum atomic E-state index is 12.8. The summed E-state index contributed by atoms with van der Waals surface area (Å²) in [5.41, 5.74) is 1.81. The van der Waals surface area contributed by atoms with E-state index in [2.05, 4.69) is 22.0 Å². The SMILES string of the molecule is CCOc1ccc(CN(C)[C@@H](C)c2nc3scc(-c4ccco4)c3c(=O)[nH]2)cc1. The number of thiophene rings is 1. The predicted octanol–water partition coefficient (Wildman–Crippen LogP) is 4.84. The summed E-state index contributed by atoms with van der Waals surface area (Å²) in [6.45, 7) is 5.40. The van der Waals surface area contributed by atoms with Gasteiger partial charge < -0.3 is 14.1 Å². The zero-order valence-corrected chi connectivity index (χ0v) is 17.5. The van der Waals surface area contributed by atoms with Crippen molar-refractivity contribution in [1.29, 1.82) is 0 Å². The summed E-state index contributed by atoms with van der Waals surface area (Å²) < 4.78 is 11.0. The molecule has 7 heteroatoms. The molecule has 0 aliphatic carbocycles. The quantitative estimate of drug-likeness (QED) is 0.473. The average Bonchev–Trinajstić information content (AvgIpc) is 3.38. The first-order chi connectivity index (χ1) is 14.1. The molecule has 29 heavy (non-hydrogen) atoms. The van der Waals surface area contributed by atoms with Crippen molar-refractivity contribution in [2.75, 3.05) is 13.7 Å². The van der Waals surface area contributed by atoms with Gasteiger partial charge in [-0.05, 0) is 50.7 Å². The molecular formula is C22H23N3O3S. The van der Waals surface area contributed by atoms with E-state index in [9.17, 15) is 4.79 Å². The first-order valence-corrected chi connectivity index (χ1v) is 10.4. The van der Waals surface area contributed by atoms with Crippen LogP contribution in [0.15, 0.2) is 57.3 Å². The zero-order chi connectivity index (χ0) is 20.4. The molecule has 0 radical (unpaired) electrons. The van der Waals surface area contributed by atoms with Gasteiger partial charge in [0.1, 0.15) is 22.2 Å². The molecule has 4 aromatic rings. The Kier molecular flexibility index (Phi) is 5.51. The van der Waals surface area contributed by atoms with Crippen molar-refractivity contribution in [3.63, 3.8) is 0 Å². The van der Waals surface area contributed by atoms with E-state index in [0.29, 0.717) is 23.6 Å². The Labute approximate surface area is 172 Å². The van der Waals surface area contributed by atoms with E-state index >= 15 is 0 Å². The summed E-state index contributed by atoms with van der Waals surface area (Å²) in [5.74, 6) is 2.20. The van der Waals surface area contributed by atoms with Crippen LogP contribution in [0.25, 0.3) is 21.5 Å². The maximum Gasteiger partial charge on any atom is 0.260 e. The lowest BCUT2D eigenvalue weighted by Crippen LogP contribution is -2.25. The van der Waals surface area contributed by atoms with Gasteiger partial charge in [-0.15, -0.1) is 11.3 Å². The number of ether oxygens (including phenoxy) is 1. The number of aromatic amines is 1. The zero-order valence-electron chi connectivity index (χ0n) is 16.6. The van der Waals surface area contributed by atoms with Gasteiger partial charge >= 0.3 is 0 Å². The van der Waals surface area contributed by atoms with Crippen molar-refractivity contribution < 1.29 is 9.15 Å². The van der Waals surface area contributed by atoms with Crippen molar-refractivity contribution in [2.24, 2.45) is 0 Å². The monoisotopic (exact) mass is 409 g/mol. The van der Waals surface area contributed by atoms with Gasteiger partial charge in [0.15, 0.2) is 0 Å². The molecule has 0 amide bonds. The summed E-state index contributed by atoms with van der Waals surface area (Å²) in [6, 6.07) is 11.7. The van der Waals surface area contributed by atoms with E-state index in [-0.39, 0.29) is 11.6 Å². The van der Waals surface area contributed by atoms with E-state index in [1.165, 1.54) is 16.9 Å². The topological polar surface area (TPSA) is 71.4 Å². The molecule has 1 aromatic carbocycles. The van der Waals surface area contributed by atoms with Crippen LogP contribution in [0.5, 0.6) is 5.75 Å². The number of benzene rings is 1. The average molecular weight is 410 g/mol. The maximum absolute atomic E-state index is 12.8. The van der Waals surface area contributed by atoms with Crippen LogP contribution in [0, 0.1) is 0 Å². The number of hydrogen-bond donors (Lipinski definition) is 1. The second-order valence-electron chi connectivity index (χ2n) is 6.93. The fourth-order valence-corrected chi connectivity index (χ4v) is 4.20. The first-order valence-electron chi connectivity index (χ1n) is 9.54. The van der Waals surface area contributed by atoms with Crippen LogP contribution in [-0.2, 0) is 6.54 Å². The van der Waals surface area contributed by atoms with Gasteiger partial charge in [0.05, 0.1) is 24.3 Å². The number of aromatic nitrogens is 2. The Bertz CT molecular complexity index is 1150. The van der Waals surface area contributed by atoms with E-state index in [0.717, 1.165) is 22.7 Å². The van der Waals surface area contributed by atoms with Crippen LogP contribution in [0.4, 0.5) is 0 Å². The molecule has 0 aliphatic rings. The van der Waals surface area contributed by atoms with Gasteiger partial charge in [0, 0.05) is 17.5 Å². The fraction of sp³-hybridized carbons (Fsp3) is 0.273. The number of rotatable bonds is 7. The molecule has 0 fully saturated rings. The molecule has 150 valence electrons. The standard InChI is InChI=1S/C22H23N3O3S/c1-4-27-16-9-7-15(8-10-16)12-25(3)14(2)20-23-21(26)19-17(13-29-22(19)24-20)18-6-5-11-28-18/h5-11,13-14H,4,12H2,1-3H3,(H,23,24,26)/t14-/m0/s1. The van der Waals surface area contributed by atoms with Crippen molar-refractivity contribution >= 4 is 21.6 Å². The minimum atomic E-state index is -0.140. The van der Waals surface area contributed by atoms with Crippen LogP contribution in [0.1, 0.15) is 31.3 Å². The van der Waals surface area contributed by atoms with Gasteiger partial charge in [0.25, 0.3) is 5.56 Å². The molecule has 4 rings (SSSR count). The largest absolute Gasteiger partial charge is 0.494 e. The molecule has 1 N–H and O–H groups in total. The lowest BCUT2D eigenvalue weighted by molar-refractivity contribution is 0.244. The number of furan rings is 1. The van der Waals surface area contributed by atoms with Gasteiger partial charge in [-0.25, -0.2) is 4.98 Å². The Morgan fingerprint density at radius 1 is 1.28 bits per heavy atom. The second-order valence-corrected chi connectivity index (χ2v) is 7.78. The van der Waals surface area contributed by atoms with Crippen LogP contribution in [-0.4, -0.2) is 28.5 Å².